The molecule has 0 aliphatic carbocycles. The lowest BCUT2D eigenvalue weighted by Crippen LogP contribution is -2.54. The molecule has 2 aliphatic heterocycles. The molecule has 5 nitrogen and oxygen atoms in total. The number of nitrogens with one attached hydrogen (secondary N) is 2. The summed E-state index contributed by atoms with van der Waals surface area (Å²) < 4.78 is 0. The minimum Gasteiger partial charge on any atom is -0.392 e. The summed E-state index contributed by atoms with van der Waals surface area (Å²) in [6, 6.07) is 8.33. The van der Waals surface area contributed by atoms with Crippen LogP contribution in [-0.4, -0.2) is 53.2 Å². The number of hydrogen-bond acceptors (Lipinski definition) is 4. The summed E-state index contributed by atoms with van der Waals surface area (Å²) in [5.74, 6) is -0.00738. The van der Waals surface area contributed by atoms with E-state index in [1.54, 1.807) is 0 Å². The number of carbonyl (C=O) groups excluding carboxylic acids is 1. The van der Waals surface area contributed by atoms with Crippen LogP contribution in [0.25, 0.3) is 0 Å². The van der Waals surface area contributed by atoms with Gasteiger partial charge in [0.15, 0.2) is 0 Å². The molecular formula is C18H27N3O2. The molecule has 1 fully saturated rings. The van der Waals surface area contributed by atoms with E-state index in [2.05, 4.69) is 53.6 Å². The van der Waals surface area contributed by atoms with Gasteiger partial charge in [-0.05, 0) is 37.8 Å². The fraction of sp³-hybridized carbons (Fsp3) is 0.611. The first-order valence-electron chi connectivity index (χ1n) is 8.47. The SMILES string of the molecule is CC(C)(CNC(=O)C1CC(O)CN1)N1CCc2ccccc2C1. The van der Waals surface area contributed by atoms with Gasteiger partial charge >= 0.3 is 0 Å². The largest absolute Gasteiger partial charge is 0.392 e. The molecule has 2 atom stereocenters. The van der Waals surface area contributed by atoms with Crippen LogP contribution in [0.2, 0.25) is 0 Å². The van der Waals surface area contributed by atoms with Crippen molar-refractivity contribution in [1.29, 1.82) is 0 Å². The zero-order valence-electron chi connectivity index (χ0n) is 14.0. The number of nitrogens with zero attached hydrogens (tertiary/aromatic N) is 1. The van der Waals surface area contributed by atoms with Crippen molar-refractivity contribution in [3.8, 4) is 0 Å². The molecule has 3 rings (SSSR count). The molecule has 2 aliphatic rings. The Labute approximate surface area is 138 Å². The van der Waals surface area contributed by atoms with Crippen molar-refractivity contribution in [3.05, 3.63) is 35.4 Å². The number of carbonyl (C=O) groups is 1. The molecule has 5 heteroatoms. The van der Waals surface area contributed by atoms with Gasteiger partial charge in [-0.25, -0.2) is 0 Å². The number of benzene rings is 1. The summed E-state index contributed by atoms with van der Waals surface area (Å²) in [4.78, 5) is 14.7. The van der Waals surface area contributed by atoms with Crippen molar-refractivity contribution in [2.45, 2.75) is 50.9 Å². The molecule has 0 spiro atoms. The van der Waals surface area contributed by atoms with Gasteiger partial charge in [0.2, 0.25) is 5.91 Å². The van der Waals surface area contributed by atoms with Gasteiger partial charge in [-0.3, -0.25) is 9.69 Å². The van der Waals surface area contributed by atoms with Crippen LogP contribution in [0.4, 0.5) is 0 Å². The van der Waals surface area contributed by atoms with E-state index in [1.165, 1.54) is 11.1 Å². The minimum absolute atomic E-state index is 0.00738. The molecule has 1 amide bonds. The quantitative estimate of drug-likeness (QED) is 0.763. The number of β-amino-alcohol motifs (C(OH)–C–C–N with tert-alkyl or cyclic N) is 1. The lowest BCUT2D eigenvalue weighted by atomic mass is 9.94. The van der Waals surface area contributed by atoms with Crippen LogP contribution in [0, 0.1) is 0 Å². The lowest BCUT2D eigenvalue weighted by molar-refractivity contribution is -0.123. The van der Waals surface area contributed by atoms with Gasteiger partial charge < -0.3 is 15.7 Å². The molecule has 126 valence electrons. The normalized spacial score (nSPS) is 25.2. The molecule has 23 heavy (non-hydrogen) atoms. The molecule has 0 bridgehead atoms. The van der Waals surface area contributed by atoms with E-state index in [-0.39, 0.29) is 17.5 Å². The number of aliphatic hydroxyl groups excluding tert-OH is 1. The summed E-state index contributed by atoms with van der Waals surface area (Å²) in [5.41, 5.74) is 2.73. The first kappa shape index (κ1) is 16.4. The third-order valence-corrected chi connectivity index (χ3v) is 5.11. The van der Waals surface area contributed by atoms with E-state index in [0.717, 1.165) is 19.5 Å². The van der Waals surface area contributed by atoms with Crippen LogP contribution < -0.4 is 10.6 Å². The van der Waals surface area contributed by atoms with E-state index < -0.39 is 6.10 Å². The van der Waals surface area contributed by atoms with Gasteiger partial charge in [0, 0.05) is 31.7 Å². The molecular weight excluding hydrogens is 290 g/mol. The van der Waals surface area contributed by atoms with E-state index in [0.29, 0.717) is 19.5 Å². The van der Waals surface area contributed by atoms with Crippen LogP contribution in [0.5, 0.6) is 0 Å². The second kappa shape index (κ2) is 6.59. The molecule has 0 saturated carbocycles. The highest BCUT2D eigenvalue weighted by Crippen LogP contribution is 2.25. The van der Waals surface area contributed by atoms with Crippen molar-refractivity contribution >= 4 is 5.91 Å². The fourth-order valence-corrected chi connectivity index (χ4v) is 3.47. The summed E-state index contributed by atoms with van der Waals surface area (Å²) in [6.45, 7) is 7.42. The second-order valence-corrected chi connectivity index (χ2v) is 7.32. The van der Waals surface area contributed by atoms with Gasteiger partial charge in [-0.1, -0.05) is 24.3 Å². The Morgan fingerprint density at radius 2 is 2.13 bits per heavy atom. The lowest BCUT2D eigenvalue weighted by Gasteiger charge is -2.41. The van der Waals surface area contributed by atoms with Crippen LogP contribution in [0.15, 0.2) is 24.3 Å². The van der Waals surface area contributed by atoms with Crippen molar-refractivity contribution in [1.82, 2.24) is 15.5 Å². The number of fused-ring (bicyclic) bond motifs is 1. The van der Waals surface area contributed by atoms with Crippen LogP contribution >= 0.6 is 0 Å². The third-order valence-electron chi connectivity index (χ3n) is 5.11. The van der Waals surface area contributed by atoms with E-state index in [1.807, 2.05) is 0 Å². The van der Waals surface area contributed by atoms with Gasteiger partial charge in [-0.2, -0.15) is 0 Å². The molecule has 2 unspecified atom stereocenters. The van der Waals surface area contributed by atoms with Gasteiger partial charge in [0.1, 0.15) is 0 Å². The number of hydrogen-bond donors (Lipinski definition) is 3. The number of rotatable bonds is 4. The highest BCUT2D eigenvalue weighted by molar-refractivity contribution is 5.82. The molecule has 0 radical (unpaired) electrons. The van der Waals surface area contributed by atoms with Crippen LogP contribution in [0.3, 0.4) is 0 Å². The first-order chi connectivity index (χ1) is 11.0. The molecule has 1 saturated heterocycles. The topological polar surface area (TPSA) is 64.6 Å². The Kier molecular flexibility index (Phi) is 4.71. The summed E-state index contributed by atoms with van der Waals surface area (Å²) in [5, 5.41) is 15.6. The Morgan fingerprint density at radius 3 is 2.83 bits per heavy atom. The van der Waals surface area contributed by atoms with Crippen LogP contribution in [-0.2, 0) is 17.8 Å². The molecule has 1 aromatic carbocycles. The van der Waals surface area contributed by atoms with Crippen molar-refractivity contribution in [2.75, 3.05) is 19.6 Å². The van der Waals surface area contributed by atoms with Crippen molar-refractivity contribution in [2.24, 2.45) is 0 Å². The Hall–Kier alpha value is -1.43. The van der Waals surface area contributed by atoms with Crippen LogP contribution in [0.1, 0.15) is 31.4 Å². The fourth-order valence-electron chi connectivity index (χ4n) is 3.47. The van der Waals surface area contributed by atoms with Crippen molar-refractivity contribution in [3.63, 3.8) is 0 Å². The monoisotopic (exact) mass is 317 g/mol. The Morgan fingerprint density at radius 1 is 1.39 bits per heavy atom. The van der Waals surface area contributed by atoms with Crippen molar-refractivity contribution < 1.29 is 9.90 Å². The standard InChI is InChI=1S/C18H27N3O2/c1-18(2,12-20-17(23)16-9-15(22)10-19-16)21-8-7-13-5-3-4-6-14(13)11-21/h3-6,15-16,19,22H,7-12H2,1-2H3,(H,20,23). The van der Waals surface area contributed by atoms with Gasteiger partial charge in [0.05, 0.1) is 12.1 Å². The molecule has 3 N–H and O–H groups in total. The Balaban J connectivity index is 1.56. The summed E-state index contributed by atoms with van der Waals surface area (Å²) in [6.07, 6.45) is 1.16. The predicted molar refractivity (Wildman–Crippen MR) is 90.1 cm³/mol. The average Bonchev–Trinajstić information content (AvgIpc) is 2.99. The Bertz CT molecular complexity index is 573. The summed E-state index contributed by atoms with van der Waals surface area (Å²) >= 11 is 0. The molecule has 2 heterocycles. The highest BCUT2D eigenvalue weighted by Gasteiger charge is 2.32. The van der Waals surface area contributed by atoms with Gasteiger partial charge in [-0.15, -0.1) is 0 Å². The smallest absolute Gasteiger partial charge is 0.237 e. The minimum atomic E-state index is -0.405. The first-order valence-corrected chi connectivity index (χ1v) is 8.47. The average molecular weight is 317 g/mol. The number of amides is 1. The zero-order chi connectivity index (χ0) is 16.4. The molecule has 0 aromatic heterocycles. The second-order valence-electron chi connectivity index (χ2n) is 7.32. The maximum absolute atomic E-state index is 12.2. The van der Waals surface area contributed by atoms with E-state index in [9.17, 15) is 9.90 Å². The summed E-state index contributed by atoms with van der Waals surface area (Å²) in [7, 11) is 0. The van der Waals surface area contributed by atoms with Gasteiger partial charge in [0.25, 0.3) is 0 Å². The highest BCUT2D eigenvalue weighted by atomic mass is 16.3. The zero-order valence-corrected chi connectivity index (χ0v) is 14.0. The number of aliphatic hydroxyl groups is 1. The van der Waals surface area contributed by atoms with E-state index in [4.69, 9.17) is 0 Å². The maximum atomic E-state index is 12.2. The third kappa shape index (κ3) is 3.74. The van der Waals surface area contributed by atoms with E-state index >= 15 is 0 Å². The maximum Gasteiger partial charge on any atom is 0.237 e. The predicted octanol–water partition coefficient (Wildman–Crippen LogP) is 0.662. The molecule has 1 aromatic rings.